The average Bonchev–Trinajstić information content (AvgIpc) is 3.34. The predicted molar refractivity (Wildman–Crippen MR) is 95.4 cm³/mol. The molecule has 1 unspecified atom stereocenters. The van der Waals surface area contributed by atoms with E-state index in [1.807, 2.05) is 34.9 Å². The zero-order valence-electron chi connectivity index (χ0n) is 14.3. The van der Waals surface area contributed by atoms with Crippen LogP contribution in [0.2, 0.25) is 0 Å². The predicted octanol–water partition coefficient (Wildman–Crippen LogP) is 3.91. The Kier molecular flexibility index (Phi) is 4.53. The highest BCUT2D eigenvalue weighted by atomic mass is 19.1. The van der Waals surface area contributed by atoms with E-state index < -0.39 is 17.7 Å². The van der Waals surface area contributed by atoms with Gasteiger partial charge in [-0.3, -0.25) is 4.57 Å². The Bertz CT molecular complexity index is 960. The Hall–Kier alpha value is -3.29. The first-order chi connectivity index (χ1) is 13.1. The summed E-state index contributed by atoms with van der Waals surface area (Å²) in [5, 5.41) is 10.7. The third kappa shape index (κ3) is 3.38. The van der Waals surface area contributed by atoms with E-state index in [2.05, 4.69) is 15.5 Å². The lowest BCUT2D eigenvalue weighted by Gasteiger charge is -2.25. The molecule has 8 heteroatoms. The highest BCUT2D eigenvalue weighted by Crippen LogP contribution is 2.32. The smallest absolute Gasteiger partial charge is 0.314 e. The summed E-state index contributed by atoms with van der Waals surface area (Å²) in [5.74, 6) is -0.671. The van der Waals surface area contributed by atoms with Gasteiger partial charge in [-0.05, 0) is 37.1 Å². The molecule has 1 fully saturated rings. The number of hydrogen-bond donors (Lipinski definition) is 1. The number of halogens is 2. The molecule has 138 valence electrons. The number of hydrogen-bond acceptors (Lipinski definition) is 3. The van der Waals surface area contributed by atoms with Gasteiger partial charge in [-0.15, -0.1) is 10.2 Å². The van der Waals surface area contributed by atoms with Crippen molar-refractivity contribution in [2.24, 2.45) is 0 Å². The van der Waals surface area contributed by atoms with Crippen molar-refractivity contribution in [3.8, 4) is 5.69 Å². The monoisotopic (exact) mass is 369 g/mol. The molecule has 4 rings (SSSR count). The molecule has 2 heterocycles. The molecule has 0 spiro atoms. The van der Waals surface area contributed by atoms with Crippen molar-refractivity contribution in [2.45, 2.75) is 18.9 Å². The molecule has 6 nitrogen and oxygen atoms in total. The molecule has 0 radical (unpaired) electrons. The van der Waals surface area contributed by atoms with Crippen molar-refractivity contribution in [3.05, 3.63) is 72.3 Å². The Labute approximate surface area is 154 Å². The number of anilines is 1. The van der Waals surface area contributed by atoms with E-state index in [0.717, 1.165) is 30.3 Å². The van der Waals surface area contributed by atoms with Crippen LogP contribution in [0.5, 0.6) is 0 Å². The normalized spacial score (nSPS) is 16.5. The lowest BCUT2D eigenvalue weighted by Crippen LogP contribution is -2.35. The van der Waals surface area contributed by atoms with Crippen molar-refractivity contribution in [2.75, 3.05) is 11.9 Å². The molecular weight excluding hydrogens is 352 g/mol. The standard InChI is InChI=1S/C19H17F2N5O/c20-13-8-9-15(21)16(11-13)23-19(27)25-10-4-7-17(25)18-24-22-12-26(18)14-5-2-1-3-6-14/h1-3,5-6,8-9,11-12,17H,4,7,10H2,(H,23,27). The van der Waals surface area contributed by atoms with Crippen LogP contribution in [0.1, 0.15) is 24.7 Å². The van der Waals surface area contributed by atoms with Crippen LogP contribution in [0.25, 0.3) is 5.69 Å². The Morgan fingerprint density at radius 3 is 2.78 bits per heavy atom. The average molecular weight is 369 g/mol. The van der Waals surface area contributed by atoms with Gasteiger partial charge in [0, 0.05) is 18.3 Å². The molecule has 1 saturated heterocycles. The van der Waals surface area contributed by atoms with E-state index in [9.17, 15) is 13.6 Å². The number of para-hydroxylation sites is 1. The first-order valence-corrected chi connectivity index (χ1v) is 8.61. The van der Waals surface area contributed by atoms with Crippen LogP contribution in [0.3, 0.4) is 0 Å². The summed E-state index contributed by atoms with van der Waals surface area (Å²) in [4.78, 5) is 14.3. The molecule has 1 atom stereocenters. The number of nitrogens with zero attached hydrogens (tertiary/aromatic N) is 4. The summed E-state index contributed by atoms with van der Waals surface area (Å²) < 4.78 is 29.0. The Balaban J connectivity index is 1.59. The number of benzene rings is 2. The van der Waals surface area contributed by atoms with Crippen LogP contribution in [-0.2, 0) is 0 Å². The van der Waals surface area contributed by atoms with Crippen LogP contribution in [-0.4, -0.2) is 32.2 Å². The lowest BCUT2D eigenvalue weighted by atomic mass is 10.2. The quantitative estimate of drug-likeness (QED) is 0.761. The van der Waals surface area contributed by atoms with Gasteiger partial charge in [-0.2, -0.15) is 0 Å². The highest BCUT2D eigenvalue weighted by Gasteiger charge is 2.34. The largest absolute Gasteiger partial charge is 0.322 e. The number of urea groups is 1. The van der Waals surface area contributed by atoms with E-state index in [0.29, 0.717) is 18.8 Å². The van der Waals surface area contributed by atoms with E-state index >= 15 is 0 Å². The Morgan fingerprint density at radius 1 is 1.15 bits per heavy atom. The van der Waals surface area contributed by atoms with Gasteiger partial charge < -0.3 is 10.2 Å². The van der Waals surface area contributed by atoms with Crippen LogP contribution in [0, 0.1) is 11.6 Å². The van der Waals surface area contributed by atoms with Gasteiger partial charge >= 0.3 is 6.03 Å². The molecule has 0 bridgehead atoms. The molecule has 27 heavy (non-hydrogen) atoms. The van der Waals surface area contributed by atoms with Crippen LogP contribution in [0.4, 0.5) is 19.3 Å². The molecule has 1 aliphatic rings. The second-order valence-electron chi connectivity index (χ2n) is 6.30. The summed E-state index contributed by atoms with van der Waals surface area (Å²) in [6, 6.07) is 11.7. The molecule has 3 aromatic rings. The molecular formula is C19H17F2N5O. The maximum absolute atomic E-state index is 13.8. The van der Waals surface area contributed by atoms with Crippen LogP contribution >= 0.6 is 0 Å². The first-order valence-electron chi connectivity index (χ1n) is 8.61. The number of carbonyl (C=O) groups excluding carboxylic acids is 1. The summed E-state index contributed by atoms with van der Waals surface area (Å²) in [5.41, 5.74) is 0.705. The molecule has 1 aliphatic heterocycles. The molecule has 2 amide bonds. The minimum absolute atomic E-state index is 0.185. The number of rotatable bonds is 3. The summed E-state index contributed by atoms with van der Waals surface area (Å²) in [7, 11) is 0. The van der Waals surface area contributed by atoms with Crippen LogP contribution in [0.15, 0.2) is 54.9 Å². The van der Waals surface area contributed by atoms with E-state index in [1.165, 1.54) is 0 Å². The van der Waals surface area contributed by atoms with Gasteiger partial charge in [-0.1, -0.05) is 18.2 Å². The molecule has 1 aromatic heterocycles. The third-order valence-electron chi connectivity index (χ3n) is 4.59. The molecule has 2 aromatic carbocycles. The number of aromatic nitrogens is 3. The number of amides is 2. The molecule has 0 saturated carbocycles. The minimum atomic E-state index is -0.687. The van der Waals surface area contributed by atoms with Crippen molar-refractivity contribution in [1.82, 2.24) is 19.7 Å². The van der Waals surface area contributed by atoms with E-state index in [4.69, 9.17) is 0 Å². The summed E-state index contributed by atoms with van der Waals surface area (Å²) in [6.45, 7) is 0.495. The van der Waals surface area contributed by atoms with Gasteiger partial charge in [0.2, 0.25) is 0 Å². The minimum Gasteiger partial charge on any atom is -0.314 e. The van der Waals surface area contributed by atoms with E-state index in [-0.39, 0.29) is 11.7 Å². The summed E-state index contributed by atoms with van der Waals surface area (Å²) in [6.07, 6.45) is 3.10. The first kappa shape index (κ1) is 17.1. The third-order valence-corrected chi connectivity index (χ3v) is 4.59. The van der Waals surface area contributed by atoms with Gasteiger partial charge in [0.05, 0.1) is 11.7 Å². The molecule has 0 aliphatic carbocycles. The zero-order valence-corrected chi connectivity index (χ0v) is 14.3. The van der Waals surface area contributed by atoms with Gasteiger partial charge in [-0.25, -0.2) is 13.6 Å². The van der Waals surface area contributed by atoms with E-state index in [1.54, 1.807) is 11.2 Å². The maximum atomic E-state index is 13.8. The van der Waals surface area contributed by atoms with Crippen molar-refractivity contribution >= 4 is 11.7 Å². The SMILES string of the molecule is O=C(Nc1cc(F)ccc1F)N1CCCC1c1nncn1-c1ccccc1. The topological polar surface area (TPSA) is 63.1 Å². The lowest BCUT2D eigenvalue weighted by molar-refractivity contribution is 0.204. The van der Waals surface area contributed by atoms with Crippen molar-refractivity contribution < 1.29 is 13.6 Å². The second-order valence-corrected chi connectivity index (χ2v) is 6.30. The molecule has 1 N–H and O–H groups in total. The van der Waals surface area contributed by atoms with Gasteiger partial charge in [0.1, 0.15) is 18.0 Å². The Morgan fingerprint density at radius 2 is 1.96 bits per heavy atom. The second kappa shape index (κ2) is 7.14. The zero-order chi connectivity index (χ0) is 18.8. The maximum Gasteiger partial charge on any atom is 0.322 e. The van der Waals surface area contributed by atoms with Crippen molar-refractivity contribution in [3.63, 3.8) is 0 Å². The fourth-order valence-electron chi connectivity index (χ4n) is 3.32. The van der Waals surface area contributed by atoms with Crippen LogP contribution < -0.4 is 5.32 Å². The summed E-state index contributed by atoms with van der Waals surface area (Å²) >= 11 is 0. The van der Waals surface area contributed by atoms with Crippen molar-refractivity contribution in [1.29, 1.82) is 0 Å². The number of likely N-dealkylation sites (tertiary alicyclic amines) is 1. The highest BCUT2D eigenvalue weighted by molar-refractivity contribution is 5.89. The number of carbonyl (C=O) groups is 1. The van der Waals surface area contributed by atoms with Gasteiger partial charge in [0.25, 0.3) is 0 Å². The number of nitrogens with one attached hydrogen (secondary N) is 1. The fourth-order valence-corrected chi connectivity index (χ4v) is 3.32. The van der Waals surface area contributed by atoms with Gasteiger partial charge in [0.15, 0.2) is 5.82 Å². The fraction of sp³-hybridized carbons (Fsp3) is 0.211.